The van der Waals surface area contributed by atoms with Gasteiger partial charge >= 0.3 is 5.63 Å². The van der Waals surface area contributed by atoms with Gasteiger partial charge in [-0.15, -0.1) is 0 Å². The summed E-state index contributed by atoms with van der Waals surface area (Å²) in [5.41, 5.74) is 2.34. The molecule has 1 aliphatic heterocycles. The zero-order valence-corrected chi connectivity index (χ0v) is 12.8. The van der Waals surface area contributed by atoms with E-state index in [1.54, 1.807) is 18.2 Å². The van der Waals surface area contributed by atoms with E-state index in [-0.39, 0.29) is 11.8 Å². The minimum absolute atomic E-state index is 0.0261. The largest absolute Gasteiger partial charge is 0.423 e. The molecule has 1 aromatic heterocycles. The van der Waals surface area contributed by atoms with Crippen molar-refractivity contribution in [3.63, 3.8) is 0 Å². The van der Waals surface area contributed by atoms with Crippen molar-refractivity contribution in [2.45, 2.75) is 12.5 Å². The average molecular weight is 326 g/mol. The minimum Gasteiger partial charge on any atom is -0.423 e. The lowest BCUT2D eigenvalue weighted by Crippen LogP contribution is -2.23. The summed E-state index contributed by atoms with van der Waals surface area (Å²) in [7, 11) is 0. The maximum Gasteiger partial charge on any atom is 0.336 e. The summed E-state index contributed by atoms with van der Waals surface area (Å²) in [6.07, 6.45) is 0.340. The van der Waals surface area contributed by atoms with Crippen LogP contribution in [-0.4, -0.2) is 5.78 Å². The zero-order chi connectivity index (χ0) is 16.0. The summed E-state index contributed by atoms with van der Waals surface area (Å²) in [6, 6.07) is 13.8. The molecular weight excluding hydrogens is 314 g/mol. The van der Waals surface area contributed by atoms with Crippen LogP contribution in [0.15, 0.2) is 57.7 Å². The summed E-state index contributed by atoms with van der Waals surface area (Å²) in [5.74, 6) is 0.0261. The van der Waals surface area contributed by atoms with E-state index >= 15 is 0 Å². The molecule has 0 bridgehead atoms. The van der Waals surface area contributed by atoms with Crippen LogP contribution in [-0.2, 0) is 0 Å². The van der Waals surface area contributed by atoms with Crippen molar-refractivity contribution in [1.29, 1.82) is 0 Å². The van der Waals surface area contributed by atoms with Gasteiger partial charge < -0.3 is 9.73 Å². The van der Waals surface area contributed by atoms with Crippen LogP contribution in [0.1, 0.15) is 28.4 Å². The number of rotatable bonds is 1. The van der Waals surface area contributed by atoms with Crippen LogP contribution < -0.4 is 10.9 Å². The molecule has 0 amide bonds. The highest BCUT2D eigenvalue weighted by molar-refractivity contribution is 6.30. The molecule has 114 valence electrons. The molecule has 23 heavy (non-hydrogen) atoms. The highest BCUT2D eigenvalue weighted by atomic mass is 35.5. The van der Waals surface area contributed by atoms with E-state index < -0.39 is 5.63 Å². The van der Waals surface area contributed by atoms with E-state index in [1.165, 1.54) is 6.07 Å². The molecule has 2 heterocycles. The maximum atomic E-state index is 12.6. The summed E-state index contributed by atoms with van der Waals surface area (Å²) in [5, 5.41) is 4.71. The first-order chi connectivity index (χ1) is 11.1. The van der Waals surface area contributed by atoms with Crippen molar-refractivity contribution in [1.82, 2.24) is 0 Å². The second-order valence-corrected chi connectivity index (χ2v) is 5.97. The van der Waals surface area contributed by atoms with Gasteiger partial charge in [0.05, 0.1) is 11.6 Å². The van der Waals surface area contributed by atoms with Gasteiger partial charge in [-0.25, -0.2) is 4.79 Å². The highest BCUT2D eigenvalue weighted by Gasteiger charge is 2.27. The highest BCUT2D eigenvalue weighted by Crippen LogP contribution is 2.36. The number of Topliss-reactive ketones (excluding diaryl/α,β-unsaturated/α-hetero) is 1. The van der Waals surface area contributed by atoms with Crippen LogP contribution in [0.5, 0.6) is 0 Å². The molecule has 0 saturated heterocycles. The lowest BCUT2D eigenvalue weighted by Gasteiger charge is -2.27. The number of anilines is 1. The summed E-state index contributed by atoms with van der Waals surface area (Å²) >= 11 is 5.92. The molecular formula is C18H12ClNO3. The first-order valence-electron chi connectivity index (χ1n) is 7.24. The molecule has 0 aliphatic carbocycles. The molecule has 0 fully saturated rings. The first-order valence-corrected chi connectivity index (χ1v) is 7.62. The Labute approximate surface area is 136 Å². The second-order valence-electron chi connectivity index (χ2n) is 5.53. The van der Waals surface area contributed by atoms with Gasteiger partial charge in [0.1, 0.15) is 5.58 Å². The maximum absolute atomic E-state index is 12.6. The smallest absolute Gasteiger partial charge is 0.336 e. The molecule has 0 spiro atoms. The van der Waals surface area contributed by atoms with Gasteiger partial charge in [-0.1, -0.05) is 23.7 Å². The monoisotopic (exact) mass is 325 g/mol. The third-order valence-electron chi connectivity index (χ3n) is 4.07. The molecule has 0 radical (unpaired) electrons. The SMILES string of the molecule is O=C1CC(c2ccc(Cl)cc2)Nc2ccc3oc(=O)ccc3c21. The topological polar surface area (TPSA) is 59.3 Å². The Morgan fingerprint density at radius 2 is 1.78 bits per heavy atom. The number of benzene rings is 2. The number of carbonyl (C=O) groups is 1. The van der Waals surface area contributed by atoms with Crippen LogP contribution >= 0.6 is 11.6 Å². The van der Waals surface area contributed by atoms with Crippen molar-refractivity contribution < 1.29 is 9.21 Å². The number of nitrogens with one attached hydrogen (secondary N) is 1. The summed E-state index contributed by atoms with van der Waals surface area (Å²) in [4.78, 5) is 24.0. The minimum atomic E-state index is -0.423. The van der Waals surface area contributed by atoms with E-state index in [0.717, 1.165) is 11.3 Å². The first kappa shape index (κ1) is 14.0. The van der Waals surface area contributed by atoms with Gasteiger partial charge in [-0.2, -0.15) is 0 Å². The number of carbonyl (C=O) groups excluding carboxylic acids is 1. The van der Waals surface area contributed by atoms with E-state index in [9.17, 15) is 9.59 Å². The van der Waals surface area contributed by atoms with E-state index in [1.807, 2.05) is 24.3 Å². The second kappa shape index (κ2) is 5.25. The number of halogens is 1. The van der Waals surface area contributed by atoms with E-state index in [0.29, 0.717) is 28.0 Å². The predicted octanol–water partition coefficient (Wildman–Crippen LogP) is 4.19. The molecule has 1 unspecified atom stereocenters. The third-order valence-corrected chi connectivity index (χ3v) is 4.32. The van der Waals surface area contributed by atoms with Crippen LogP contribution in [0.3, 0.4) is 0 Å². The Kier molecular flexibility index (Phi) is 3.20. The Balaban J connectivity index is 1.81. The fourth-order valence-corrected chi connectivity index (χ4v) is 3.12. The summed E-state index contributed by atoms with van der Waals surface area (Å²) < 4.78 is 5.15. The molecule has 2 aromatic carbocycles. The van der Waals surface area contributed by atoms with Crippen molar-refractivity contribution in [3.8, 4) is 0 Å². The van der Waals surface area contributed by atoms with Crippen LogP contribution in [0.25, 0.3) is 11.0 Å². The lowest BCUT2D eigenvalue weighted by molar-refractivity contribution is 0.0974. The Hall–Kier alpha value is -2.59. The normalized spacial score (nSPS) is 16.9. The van der Waals surface area contributed by atoms with Crippen LogP contribution in [0.4, 0.5) is 5.69 Å². The molecule has 1 atom stereocenters. The van der Waals surface area contributed by atoms with Gasteiger partial charge in [0.25, 0.3) is 0 Å². The molecule has 0 saturated carbocycles. The molecule has 3 aromatic rings. The van der Waals surface area contributed by atoms with Gasteiger partial charge in [-0.05, 0) is 35.9 Å². The predicted molar refractivity (Wildman–Crippen MR) is 89.2 cm³/mol. The molecule has 5 heteroatoms. The molecule has 4 nitrogen and oxygen atoms in total. The lowest BCUT2D eigenvalue weighted by atomic mass is 9.90. The Morgan fingerprint density at radius 1 is 1.00 bits per heavy atom. The zero-order valence-electron chi connectivity index (χ0n) is 12.0. The van der Waals surface area contributed by atoms with Crippen molar-refractivity contribution in [3.05, 3.63) is 75.1 Å². The Bertz CT molecular complexity index is 976. The van der Waals surface area contributed by atoms with Crippen LogP contribution in [0, 0.1) is 0 Å². The average Bonchev–Trinajstić information content (AvgIpc) is 2.54. The van der Waals surface area contributed by atoms with Crippen LogP contribution in [0.2, 0.25) is 5.02 Å². The van der Waals surface area contributed by atoms with Crippen molar-refractivity contribution in [2.24, 2.45) is 0 Å². The number of ketones is 1. The molecule has 4 rings (SSSR count). The third kappa shape index (κ3) is 2.41. The summed E-state index contributed by atoms with van der Waals surface area (Å²) in [6.45, 7) is 0. The Morgan fingerprint density at radius 3 is 2.57 bits per heavy atom. The number of hydrogen-bond donors (Lipinski definition) is 1. The van der Waals surface area contributed by atoms with E-state index in [2.05, 4.69) is 5.32 Å². The van der Waals surface area contributed by atoms with Gasteiger partial charge in [-0.3, -0.25) is 4.79 Å². The number of hydrogen-bond acceptors (Lipinski definition) is 4. The quantitative estimate of drug-likeness (QED) is 0.682. The van der Waals surface area contributed by atoms with E-state index in [4.69, 9.17) is 16.0 Å². The fourth-order valence-electron chi connectivity index (χ4n) is 2.99. The van der Waals surface area contributed by atoms with Gasteiger partial charge in [0.2, 0.25) is 0 Å². The van der Waals surface area contributed by atoms with Crippen molar-refractivity contribution in [2.75, 3.05) is 5.32 Å². The van der Waals surface area contributed by atoms with Gasteiger partial charge in [0, 0.05) is 28.6 Å². The van der Waals surface area contributed by atoms with Crippen molar-refractivity contribution >= 4 is 34.0 Å². The fraction of sp³-hybridized carbons (Fsp3) is 0.111. The molecule has 1 aliphatic rings. The molecule has 1 N–H and O–H groups in total. The van der Waals surface area contributed by atoms with Gasteiger partial charge in [0.15, 0.2) is 5.78 Å². The number of fused-ring (bicyclic) bond motifs is 3. The standard InChI is InChI=1S/C18H12ClNO3/c19-11-3-1-10(2-4-11)14-9-15(21)18-12-5-8-17(22)23-16(12)7-6-13(18)20-14/h1-8,14,20H,9H2.